The summed E-state index contributed by atoms with van der Waals surface area (Å²) in [4.78, 5) is 0. The number of nitrogens with zero attached hydrogens (tertiary/aromatic N) is 2. The van der Waals surface area contributed by atoms with Gasteiger partial charge in [-0.25, -0.2) is 5.01 Å². The van der Waals surface area contributed by atoms with Crippen molar-refractivity contribution in [2.45, 2.75) is 0 Å². The van der Waals surface area contributed by atoms with Gasteiger partial charge in [0.05, 0.1) is 0 Å². The second kappa shape index (κ2) is 2.73. The molecule has 12 heavy (non-hydrogen) atoms. The zero-order valence-electron chi connectivity index (χ0n) is 6.34. The molecule has 1 aromatic rings. The van der Waals surface area contributed by atoms with Crippen LogP contribution in [-0.4, -0.2) is 18.2 Å². The Labute approximate surface area is 69.7 Å². The Morgan fingerprint density at radius 1 is 1.42 bits per heavy atom. The molecule has 0 unspecified atom stereocenters. The van der Waals surface area contributed by atoms with Gasteiger partial charge in [-0.15, -0.1) is 5.10 Å². The number of para-hydroxylation sites is 2. The van der Waals surface area contributed by atoms with E-state index in [-0.39, 0.29) is 5.75 Å². The normalized spacial score (nSPS) is 14.8. The van der Waals surface area contributed by atoms with E-state index in [2.05, 4.69) is 5.10 Å². The number of benzene rings is 1. The molecule has 1 heterocycles. The summed E-state index contributed by atoms with van der Waals surface area (Å²) in [6, 6.07) is 6.99. The monoisotopic (exact) mass is 164 g/mol. The lowest BCUT2D eigenvalue weighted by atomic mass is 10.3. The quantitative estimate of drug-likeness (QED) is 0.676. The van der Waals surface area contributed by atoms with Crippen LogP contribution in [0.25, 0.3) is 0 Å². The average molecular weight is 164 g/mol. The van der Waals surface area contributed by atoms with Crippen LogP contribution in [0.15, 0.2) is 29.4 Å². The number of rotatable bonds is 1. The summed E-state index contributed by atoms with van der Waals surface area (Å²) in [5, 5.41) is 14.9. The molecule has 62 valence electrons. The highest BCUT2D eigenvalue weighted by molar-refractivity contribution is 5.62. The molecule has 0 aliphatic carbocycles. The maximum absolute atomic E-state index is 9.40. The number of ether oxygens (including phenoxy) is 1. The van der Waals surface area contributed by atoms with E-state index in [4.69, 9.17) is 4.74 Å². The molecule has 0 spiro atoms. The number of hydrogen-bond donors (Lipinski definition) is 1. The summed E-state index contributed by atoms with van der Waals surface area (Å²) in [6.07, 6.45) is 1.35. The number of phenolic OH excluding ortho intramolecular Hbond substituents is 1. The molecule has 1 aromatic carbocycles. The van der Waals surface area contributed by atoms with Crippen LogP contribution in [0, 0.1) is 0 Å². The van der Waals surface area contributed by atoms with E-state index in [9.17, 15) is 5.11 Å². The number of anilines is 1. The van der Waals surface area contributed by atoms with E-state index in [0.29, 0.717) is 12.4 Å². The zero-order valence-corrected chi connectivity index (χ0v) is 6.34. The van der Waals surface area contributed by atoms with Crippen molar-refractivity contribution in [3.63, 3.8) is 0 Å². The molecule has 0 fully saturated rings. The van der Waals surface area contributed by atoms with Gasteiger partial charge in [0.25, 0.3) is 0 Å². The molecule has 4 nitrogen and oxygen atoms in total. The lowest BCUT2D eigenvalue weighted by Gasteiger charge is -2.12. The van der Waals surface area contributed by atoms with Crippen LogP contribution >= 0.6 is 0 Å². The third-order valence-corrected chi connectivity index (χ3v) is 1.62. The third kappa shape index (κ3) is 1.07. The number of phenols is 1. The molecule has 1 aliphatic rings. The van der Waals surface area contributed by atoms with Crippen LogP contribution in [0.3, 0.4) is 0 Å². The van der Waals surface area contributed by atoms with Crippen molar-refractivity contribution < 1.29 is 9.84 Å². The van der Waals surface area contributed by atoms with Crippen molar-refractivity contribution in [1.29, 1.82) is 0 Å². The summed E-state index contributed by atoms with van der Waals surface area (Å²) < 4.78 is 4.89. The van der Waals surface area contributed by atoms with Gasteiger partial charge in [0.2, 0.25) is 0 Å². The molecular formula is C8H8N2O2. The van der Waals surface area contributed by atoms with E-state index in [1.165, 1.54) is 6.40 Å². The first-order valence-corrected chi connectivity index (χ1v) is 3.57. The molecule has 1 N–H and O–H groups in total. The highest BCUT2D eigenvalue weighted by Gasteiger charge is 2.11. The van der Waals surface area contributed by atoms with Crippen molar-refractivity contribution in [3.05, 3.63) is 24.3 Å². The Bertz CT molecular complexity index is 312. The number of aromatic hydroxyl groups is 1. The molecular weight excluding hydrogens is 156 g/mol. The topological polar surface area (TPSA) is 45.1 Å². The van der Waals surface area contributed by atoms with Gasteiger partial charge in [-0.1, -0.05) is 12.1 Å². The van der Waals surface area contributed by atoms with Gasteiger partial charge < -0.3 is 9.84 Å². The fourth-order valence-corrected chi connectivity index (χ4v) is 1.04. The van der Waals surface area contributed by atoms with Gasteiger partial charge in [0.15, 0.2) is 13.1 Å². The number of hydrogen-bond acceptors (Lipinski definition) is 4. The van der Waals surface area contributed by atoms with Gasteiger partial charge in [-0.05, 0) is 12.1 Å². The fraction of sp³-hybridized carbons (Fsp3) is 0.125. The van der Waals surface area contributed by atoms with Gasteiger partial charge in [-0.3, -0.25) is 0 Å². The first-order chi connectivity index (χ1) is 5.88. The molecule has 0 aromatic heterocycles. The molecule has 4 heteroatoms. The molecule has 1 aliphatic heterocycles. The second-order valence-electron chi connectivity index (χ2n) is 2.40. The van der Waals surface area contributed by atoms with Crippen LogP contribution in [0.4, 0.5) is 5.69 Å². The summed E-state index contributed by atoms with van der Waals surface area (Å²) in [6.45, 7) is 0.359. The third-order valence-electron chi connectivity index (χ3n) is 1.62. The molecule has 2 rings (SSSR count). The Hall–Kier alpha value is -1.71. The zero-order chi connectivity index (χ0) is 8.39. The molecule has 0 radical (unpaired) electrons. The first-order valence-electron chi connectivity index (χ1n) is 3.57. The Morgan fingerprint density at radius 3 is 2.92 bits per heavy atom. The van der Waals surface area contributed by atoms with Crippen molar-refractivity contribution in [3.8, 4) is 5.75 Å². The minimum atomic E-state index is 0.208. The number of hydrazone groups is 1. The van der Waals surface area contributed by atoms with E-state index < -0.39 is 0 Å². The maximum atomic E-state index is 9.40. The van der Waals surface area contributed by atoms with Crippen LogP contribution in [0.5, 0.6) is 5.75 Å². The van der Waals surface area contributed by atoms with E-state index in [1.54, 1.807) is 23.2 Å². The van der Waals surface area contributed by atoms with Crippen LogP contribution in [0.1, 0.15) is 0 Å². The van der Waals surface area contributed by atoms with Crippen molar-refractivity contribution >= 4 is 12.1 Å². The average Bonchev–Trinajstić information content (AvgIpc) is 2.57. The van der Waals surface area contributed by atoms with Crippen LogP contribution in [-0.2, 0) is 4.74 Å². The van der Waals surface area contributed by atoms with Crippen molar-refractivity contribution in [1.82, 2.24) is 0 Å². The predicted molar refractivity (Wildman–Crippen MR) is 45.0 cm³/mol. The SMILES string of the molecule is Oc1ccccc1N1COC=N1. The second-order valence-corrected chi connectivity index (χ2v) is 2.40. The molecule has 0 amide bonds. The first kappa shape index (κ1) is 6.97. The van der Waals surface area contributed by atoms with Crippen molar-refractivity contribution in [2.75, 3.05) is 11.7 Å². The van der Waals surface area contributed by atoms with Crippen LogP contribution in [0.2, 0.25) is 0 Å². The highest BCUT2D eigenvalue weighted by atomic mass is 16.5. The Morgan fingerprint density at radius 2 is 2.25 bits per heavy atom. The van der Waals surface area contributed by atoms with E-state index in [1.807, 2.05) is 6.07 Å². The fourth-order valence-electron chi connectivity index (χ4n) is 1.04. The molecule has 0 bridgehead atoms. The smallest absolute Gasteiger partial charge is 0.195 e. The maximum Gasteiger partial charge on any atom is 0.195 e. The predicted octanol–water partition coefficient (Wildman–Crippen LogP) is 1.13. The minimum absolute atomic E-state index is 0.208. The molecule has 0 saturated carbocycles. The Balaban J connectivity index is 2.33. The van der Waals surface area contributed by atoms with Crippen molar-refractivity contribution in [2.24, 2.45) is 5.10 Å². The largest absolute Gasteiger partial charge is 0.506 e. The summed E-state index contributed by atoms with van der Waals surface area (Å²) in [7, 11) is 0. The molecule has 0 saturated heterocycles. The molecule has 0 atom stereocenters. The summed E-state index contributed by atoms with van der Waals surface area (Å²) in [5.74, 6) is 0.208. The van der Waals surface area contributed by atoms with Crippen LogP contribution < -0.4 is 5.01 Å². The lowest BCUT2D eigenvalue weighted by Crippen LogP contribution is -2.12. The standard InChI is InChI=1S/C8H8N2O2/c11-8-4-2-1-3-7(8)10-6-12-5-9-10/h1-5,11H,6H2. The van der Waals surface area contributed by atoms with E-state index >= 15 is 0 Å². The Kier molecular flexibility index (Phi) is 1.59. The van der Waals surface area contributed by atoms with E-state index in [0.717, 1.165) is 0 Å². The minimum Gasteiger partial charge on any atom is -0.506 e. The summed E-state index contributed by atoms with van der Waals surface area (Å²) in [5.41, 5.74) is 0.659. The van der Waals surface area contributed by atoms with Gasteiger partial charge in [0, 0.05) is 0 Å². The summed E-state index contributed by atoms with van der Waals surface area (Å²) >= 11 is 0. The highest BCUT2D eigenvalue weighted by Crippen LogP contribution is 2.27. The van der Waals surface area contributed by atoms with Gasteiger partial charge >= 0.3 is 0 Å². The van der Waals surface area contributed by atoms with Gasteiger partial charge in [0.1, 0.15) is 11.4 Å². The van der Waals surface area contributed by atoms with Gasteiger partial charge in [-0.2, -0.15) is 0 Å². The lowest BCUT2D eigenvalue weighted by molar-refractivity contribution is 0.348.